The summed E-state index contributed by atoms with van der Waals surface area (Å²) in [4.78, 5) is 2.36. The summed E-state index contributed by atoms with van der Waals surface area (Å²) in [5.41, 5.74) is 6.55. The van der Waals surface area contributed by atoms with E-state index in [0.29, 0.717) is 18.2 Å². The second-order valence-electron chi connectivity index (χ2n) is 5.22. The van der Waals surface area contributed by atoms with Crippen LogP contribution in [0.25, 0.3) is 0 Å². The van der Waals surface area contributed by atoms with Crippen LogP contribution in [0.15, 0.2) is 18.2 Å². The average Bonchev–Trinajstić information content (AvgIpc) is 3.23. The summed E-state index contributed by atoms with van der Waals surface area (Å²) in [6.07, 6.45) is 4.65. The summed E-state index contributed by atoms with van der Waals surface area (Å²) in [5.74, 6) is -0.318. The highest BCUT2D eigenvalue weighted by Crippen LogP contribution is 2.36. The zero-order valence-corrected chi connectivity index (χ0v) is 12.2. The normalized spacial score (nSPS) is 16.9. The number of nitrogens with two attached hydrogens (primary N) is 1. The van der Waals surface area contributed by atoms with Gasteiger partial charge in [-0.2, -0.15) is 0 Å². The molecule has 1 unspecified atom stereocenters. The van der Waals surface area contributed by atoms with E-state index in [-0.39, 0.29) is 16.9 Å². The van der Waals surface area contributed by atoms with E-state index in [1.54, 1.807) is 18.2 Å². The quantitative estimate of drug-likeness (QED) is 0.826. The van der Waals surface area contributed by atoms with Crippen LogP contribution in [-0.4, -0.2) is 24.0 Å². The van der Waals surface area contributed by atoms with Gasteiger partial charge in [0.2, 0.25) is 0 Å². The van der Waals surface area contributed by atoms with Gasteiger partial charge in [-0.05, 0) is 31.9 Å². The molecule has 19 heavy (non-hydrogen) atoms. The van der Waals surface area contributed by atoms with Gasteiger partial charge in [0.15, 0.2) is 0 Å². The Morgan fingerprint density at radius 1 is 1.47 bits per heavy atom. The number of hydrogen-bond donors (Lipinski definition) is 1. The Kier molecular flexibility index (Phi) is 5.20. The zero-order chi connectivity index (χ0) is 13.8. The number of nitrogens with zero attached hydrogens (tertiary/aromatic N) is 1. The lowest BCUT2D eigenvalue weighted by Gasteiger charge is -2.31. The number of hydrogen-bond acceptors (Lipinski definition) is 2. The van der Waals surface area contributed by atoms with Gasteiger partial charge >= 0.3 is 0 Å². The molecule has 0 spiro atoms. The first-order valence-electron chi connectivity index (χ1n) is 7.08. The van der Waals surface area contributed by atoms with Crippen molar-refractivity contribution in [3.05, 3.63) is 34.6 Å². The minimum atomic E-state index is -0.318. The van der Waals surface area contributed by atoms with Crippen molar-refractivity contribution >= 4 is 11.6 Å². The highest BCUT2D eigenvalue weighted by Gasteiger charge is 2.34. The van der Waals surface area contributed by atoms with Crippen molar-refractivity contribution in [3.8, 4) is 0 Å². The van der Waals surface area contributed by atoms with E-state index < -0.39 is 0 Å². The second-order valence-corrected chi connectivity index (χ2v) is 5.62. The van der Waals surface area contributed by atoms with E-state index in [0.717, 1.165) is 19.4 Å². The van der Waals surface area contributed by atoms with Gasteiger partial charge in [0.1, 0.15) is 5.82 Å². The van der Waals surface area contributed by atoms with Gasteiger partial charge in [-0.3, -0.25) is 4.90 Å². The Morgan fingerprint density at radius 2 is 2.21 bits per heavy atom. The molecule has 0 aliphatic heterocycles. The molecule has 1 atom stereocenters. The number of benzene rings is 1. The summed E-state index contributed by atoms with van der Waals surface area (Å²) < 4.78 is 14.2. The van der Waals surface area contributed by atoms with Gasteiger partial charge in [0.05, 0.1) is 11.1 Å². The maximum atomic E-state index is 14.2. The van der Waals surface area contributed by atoms with Gasteiger partial charge in [-0.25, -0.2) is 4.39 Å². The lowest BCUT2D eigenvalue weighted by atomic mass is 10.0. The van der Waals surface area contributed by atoms with Crippen LogP contribution in [0.1, 0.15) is 44.2 Å². The molecule has 0 amide bonds. The van der Waals surface area contributed by atoms with E-state index in [2.05, 4.69) is 11.8 Å². The zero-order valence-electron chi connectivity index (χ0n) is 11.4. The first-order chi connectivity index (χ1) is 9.19. The highest BCUT2D eigenvalue weighted by molar-refractivity contribution is 6.30. The van der Waals surface area contributed by atoms with Crippen molar-refractivity contribution in [3.63, 3.8) is 0 Å². The Morgan fingerprint density at radius 3 is 2.79 bits per heavy atom. The molecular weight excluding hydrogens is 263 g/mol. The van der Waals surface area contributed by atoms with Crippen LogP contribution in [-0.2, 0) is 0 Å². The molecule has 2 rings (SSSR count). The van der Waals surface area contributed by atoms with Crippen LogP contribution in [0.5, 0.6) is 0 Å². The molecule has 1 aliphatic carbocycles. The Bertz CT molecular complexity index is 421. The van der Waals surface area contributed by atoms with Gasteiger partial charge in [-0.15, -0.1) is 0 Å². The lowest BCUT2D eigenvalue weighted by Crippen LogP contribution is -2.36. The van der Waals surface area contributed by atoms with Crippen LogP contribution in [0, 0.1) is 5.82 Å². The molecule has 0 heterocycles. The van der Waals surface area contributed by atoms with Crippen LogP contribution in [0.4, 0.5) is 4.39 Å². The highest BCUT2D eigenvalue weighted by atomic mass is 35.5. The Balaban J connectivity index is 2.23. The maximum Gasteiger partial charge on any atom is 0.146 e. The third kappa shape index (κ3) is 3.47. The SMILES string of the molecule is CCCCN(C1CC1)C(CN)c1cccc(Cl)c1F. The summed E-state index contributed by atoms with van der Waals surface area (Å²) in [5, 5.41) is 0.183. The van der Waals surface area contributed by atoms with E-state index in [1.165, 1.54) is 12.8 Å². The van der Waals surface area contributed by atoms with E-state index in [4.69, 9.17) is 17.3 Å². The molecule has 1 aromatic carbocycles. The molecule has 106 valence electrons. The van der Waals surface area contributed by atoms with Crippen LogP contribution < -0.4 is 5.73 Å². The third-order valence-electron chi connectivity index (χ3n) is 3.75. The molecular formula is C15H22ClFN2. The molecule has 2 N–H and O–H groups in total. The van der Waals surface area contributed by atoms with Crippen molar-refractivity contribution in [2.75, 3.05) is 13.1 Å². The molecule has 0 aromatic heterocycles. The van der Waals surface area contributed by atoms with Gasteiger partial charge in [0.25, 0.3) is 0 Å². The molecule has 2 nitrogen and oxygen atoms in total. The topological polar surface area (TPSA) is 29.3 Å². The molecule has 0 radical (unpaired) electrons. The largest absolute Gasteiger partial charge is 0.329 e. The molecule has 1 aliphatic rings. The predicted octanol–water partition coefficient (Wildman–Crippen LogP) is 3.74. The van der Waals surface area contributed by atoms with E-state index >= 15 is 0 Å². The first-order valence-corrected chi connectivity index (χ1v) is 7.46. The average molecular weight is 285 g/mol. The van der Waals surface area contributed by atoms with Gasteiger partial charge in [0, 0.05) is 18.2 Å². The molecule has 0 bridgehead atoms. The Hall–Kier alpha value is -0.640. The van der Waals surface area contributed by atoms with Gasteiger partial charge in [-0.1, -0.05) is 37.1 Å². The minimum Gasteiger partial charge on any atom is -0.329 e. The minimum absolute atomic E-state index is 0.0576. The molecule has 0 saturated heterocycles. The van der Waals surface area contributed by atoms with Crippen molar-refractivity contribution in [1.29, 1.82) is 0 Å². The van der Waals surface area contributed by atoms with Crippen molar-refractivity contribution < 1.29 is 4.39 Å². The smallest absolute Gasteiger partial charge is 0.146 e. The molecule has 1 fully saturated rings. The fraction of sp³-hybridized carbons (Fsp3) is 0.600. The summed E-state index contributed by atoms with van der Waals surface area (Å²) in [6.45, 7) is 3.58. The second kappa shape index (κ2) is 6.69. The number of unbranched alkanes of at least 4 members (excludes halogenated alkanes) is 1. The van der Waals surface area contributed by atoms with Gasteiger partial charge < -0.3 is 5.73 Å². The summed E-state index contributed by atoms with van der Waals surface area (Å²) >= 11 is 5.88. The fourth-order valence-electron chi connectivity index (χ4n) is 2.56. The van der Waals surface area contributed by atoms with Crippen LogP contribution >= 0.6 is 11.6 Å². The van der Waals surface area contributed by atoms with E-state index in [9.17, 15) is 4.39 Å². The molecule has 1 saturated carbocycles. The summed E-state index contributed by atoms with van der Waals surface area (Å²) in [7, 11) is 0. The molecule has 1 aromatic rings. The van der Waals surface area contributed by atoms with Crippen LogP contribution in [0.2, 0.25) is 5.02 Å². The number of rotatable bonds is 7. The number of halogens is 2. The fourth-order valence-corrected chi connectivity index (χ4v) is 2.74. The third-order valence-corrected chi connectivity index (χ3v) is 4.04. The lowest BCUT2D eigenvalue weighted by molar-refractivity contribution is 0.184. The Labute approximate surface area is 119 Å². The van der Waals surface area contributed by atoms with Crippen molar-refractivity contribution in [2.24, 2.45) is 5.73 Å². The predicted molar refractivity (Wildman–Crippen MR) is 77.8 cm³/mol. The van der Waals surface area contributed by atoms with Crippen molar-refractivity contribution in [2.45, 2.75) is 44.7 Å². The molecule has 4 heteroatoms. The van der Waals surface area contributed by atoms with Crippen molar-refractivity contribution in [1.82, 2.24) is 4.90 Å². The summed E-state index contributed by atoms with van der Waals surface area (Å²) in [6, 6.07) is 5.70. The standard InChI is InChI=1S/C15H22ClFN2/c1-2-3-9-19(11-7-8-11)14(10-18)12-5-4-6-13(16)15(12)17/h4-6,11,14H,2-3,7-10,18H2,1H3. The van der Waals surface area contributed by atoms with E-state index in [1.807, 2.05) is 0 Å². The maximum absolute atomic E-state index is 14.2. The first kappa shape index (κ1) is 14.8. The van der Waals surface area contributed by atoms with Crippen LogP contribution in [0.3, 0.4) is 0 Å². The monoisotopic (exact) mass is 284 g/mol.